The molecule has 0 radical (unpaired) electrons. The second-order valence-electron chi connectivity index (χ2n) is 4.31. The molecule has 3 nitrogen and oxygen atoms in total. The second-order valence-corrected chi connectivity index (χ2v) is 5.74. The lowest BCUT2D eigenvalue weighted by Crippen LogP contribution is -2.15. The Morgan fingerprint density at radius 2 is 2.33 bits per heavy atom. The molecule has 0 saturated heterocycles. The summed E-state index contributed by atoms with van der Waals surface area (Å²) in [4.78, 5) is 5.11. The third kappa shape index (κ3) is 3.07. The van der Waals surface area contributed by atoms with Crippen LogP contribution in [-0.4, -0.2) is 11.0 Å². The van der Waals surface area contributed by atoms with Crippen LogP contribution in [0, 0.1) is 0 Å². The summed E-state index contributed by atoms with van der Waals surface area (Å²) in [7, 11) is 0. The molecule has 1 aromatic heterocycles. The van der Waals surface area contributed by atoms with E-state index in [1.165, 1.54) is 24.6 Å². The highest BCUT2D eigenvalue weighted by molar-refractivity contribution is 7.99. The van der Waals surface area contributed by atoms with Crippen LogP contribution in [0.2, 0.25) is 5.02 Å². The van der Waals surface area contributed by atoms with E-state index in [2.05, 4.69) is 16.4 Å². The number of oxazole rings is 1. The van der Waals surface area contributed by atoms with Crippen molar-refractivity contribution in [1.29, 1.82) is 0 Å². The quantitative estimate of drug-likeness (QED) is 0.906. The van der Waals surface area contributed by atoms with Crippen LogP contribution in [0.3, 0.4) is 0 Å². The first-order valence-electron chi connectivity index (χ1n) is 5.90. The predicted octanol–water partition coefficient (Wildman–Crippen LogP) is 3.73. The Kier molecular flexibility index (Phi) is 3.59. The van der Waals surface area contributed by atoms with Gasteiger partial charge in [0.25, 0.3) is 5.22 Å². The summed E-state index contributed by atoms with van der Waals surface area (Å²) in [5.74, 6) is 0. The largest absolute Gasteiger partial charge is 0.440 e. The van der Waals surface area contributed by atoms with Crippen molar-refractivity contribution in [3.05, 3.63) is 41.2 Å². The molecule has 3 rings (SSSR count). The number of hydrogen-bond acceptors (Lipinski definition) is 4. The van der Waals surface area contributed by atoms with Gasteiger partial charge in [-0.05, 0) is 42.3 Å². The minimum absolute atomic E-state index is 0.634. The minimum atomic E-state index is 0.634. The summed E-state index contributed by atoms with van der Waals surface area (Å²) in [6, 6.07) is 6.76. The average Bonchev–Trinajstić information content (AvgIpc) is 3.05. The maximum Gasteiger partial charge on any atom is 0.260 e. The molecule has 1 aliphatic rings. The maximum absolute atomic E-state index is 6.27. The van der Waals surface area contributed by atoms with E-state index in [-0.39, 0.29) is 0 Å². The Bertz CT molecular complexity index is 526. The predicted molar refractivity (Wildman–Crippen MR) is 71.9 cm³/mol. The van der Waals surface area contributed by atoms with Crippen LogP contribution in [0.1, 0.15) is 18.4 Å². The van der Waals surface area contributed by atoms with Crippen molar-refractivity contribution in [2.75, 3.05) is 0 Å². The fourth-order valence-corrected chi connectivity index (χ4v) is 2.68. The van der Waals surface area contributed by atoms with Crippen molar-refractivity contribution >= 4 is 23.4 Å². The van der Waals surface area contributed by atoms with E-state index in [1.807, 2.05) is 12.1 Å². The molecule has 1 heterocycles. The first-order chi connectivity index (χ1) is 8.81. The molecule has 1 saturated carbocycles. The van der Waals surface area contributed by atoms with Gasteiger partial charge in [0.1, 0.15) is 6.26 Å². The van der Waals surface area contributed by atoms with Crippen LogP contribution in [-0.2, 0) is 6.54 Å². The van der Waals surface area contributed by atoms with E-state index in [0.29, 0.717) is 11.3 Å². The molecule has 1 aliphatic carbocycles. The SMILES string of the molecule is Clc1cc(Sc2ncco2)ccc1CNC1CC1. The van der Waals surface area contributed by atoms with Crippen molar-refractivity contribution in [1.82, 2.24) is 10.3 Å². The van der Waals surface area contributed by atoms with Gasteiger partial charge in [-0.25, -0.2) is 4.98 Å². The molecule has 94 valence electrons. The van der Waals surface area contributed by atoms with Gasteiger partial charge in [0.2, 0.25) is 0 Å². The van der Waals surface area contributed by atoms with Gasteiger partial charge in [-0.2, -0.15) is 0 Å². The molecule has 2 aromatic rings. The normalized spacial score (nSPS) is 14.9. The van der Waals surface area contributed by atoms with Crippen LogP contribution in [0.15, 0.2) is 45.2 Å². The van der Waals surface area contributed by atoms with Crippen LogP contribution in [0.5, 0.6) is 0 Å². The first kappa shape index (κ1) is 12.1. The van der Waals surface area contributed by atoms with E-state index in [0.717, 1.165) is 22.0 Å². The van der Waals surface area contributed by atoms with Crippen LogP contribution in [0.4, 0.5) is 0 Å². The zero-order valence-corrected chi connectivity index (χ0v) is 11.3. The molecule has 1 N–H and O–H groups in total. The Morgan fingerprint density at radius 3 is 3.00 bits per heavy atom. The standard InChI is InChI=1S/C13H13ClN2OS/c14-12-7-11(18-13-15-5-6-17-13)4-1-9(12)8-16-10-2-3-10/h1,4-7,10,16H,2-3,8H2. The summed E-state index contributed by atoms with van der Waals surface area (Å²) < 4.78 is 5.19. The first-order valence-corrected chi connectivity index (χ1v) is 7.10. The van der Waals surface area contributed by atoms with Crippen molar-refractivity contribution in [2.45, 2.75) is 35.5 Å². The molecule has 0 aliphatic heterocycles. The van der Waals surface area contributed by atoms with E-state index in [1.54, 1.807) is 12.5 Å². The molecule has 5 heteroatoms. The Labute approximate surface area is 115 Å². The Hall–Kier alpha value is -0.970. The summed E-state index contributed by atoms with van der Waals surface area (Å²) in [5.41, 5.74) is 1.14. The van der Waals surface area contributed by atoms with Gasteiger partial charge in [0.05, 0.1) is 6.20 Å². The third-order valence-corrected chi connectivity index (χ3v) is 4.02. The maximum atomic E-state index is 6.27. The van der Waals surface area contributed by atoms with Gasteiger partial charge < -0.3 is 9.73 Å². The Balaban J connectivity index is 1.67. The van der Waals surface area contributed by atoms with Crippen LogP contribution in [0.25, 0.3) is 0 Å². The summed E-state index contributed by atoms with van der Waals surface area (Å²) in [6.45, 7) is 0.841. The van der Waals surface area contributed by atoms with E-state index in [4.69, 9.17) is 16.0 Å². The highest BCUT2D eigenvalue weighted by atomic mass is 35.5. The average molecular weight is 281 g/mol. The molecule has 0 spiro atoms. The number of aromatic nitrogens is 1. The molecular weight excluding hydrogens is 268 g/mol. The number of hydrogen-bond donors (Lipinski definition) is 1. The van der Waals surface area contributed by atoms with E-state index < -0.39 is 0 Å². The van der Waals surface area contributed by atoms with Gasteiger partial charge in [0, 0.05) is 22.5 Å². The highest BCUT2D eigenvalue weighted by Gasteiger charge is 2.20. The molecule has 0 bridgehead atoms. The fourth-order valence-electron chi connectivity index (χ4n) is 1.64. The van der Waals surface area contributed by atoms with Gasteiger partial charge >= 0.3 is 0 Å². The van der Waals surface area contributed by atoms with E-state index >= 15 is 0 Å². The summed E-state index contributed by atoms with van der Waals surface area (Å²) in [6.07, 6.45) is 5.78. The molecule has 0 unspecified atom stereocenters. The molecule has 1 aromatic carbocycles. The number of halogens is 1. The molecular formula is C13H13ClN2OS. The number of nitrogens with one attached hydrogen (secondary N) is 1. The van der Waals surface area contributed by atoms with Crippen molar-refractivity contribution in [2.24, 2.45) is 0 Å². The van der Waals surface area contributed by atoms with Crippen molar-refractivity contribution in [3.63, 3.8) is 0 Å². The highest BCUT2D eigenvalue weighted by Crippen LogP contribution is 2.30. The monoisotopic (exact) mass is 280 g/mol. The summed E-state index contributed by atoms with van der Waals surface area (Å²) >= 11 is 7.74. The summed E-state index contributed by atoms with van der Waals surface area (Å²) in [5, 5.41) is 4.88. The van der Waals surface area contributed by atoms with Crippen LogP contribution < -0.4 is 5.32 Å². The number of nitrogens with zero attached hydrogens (tertiary/aromatic N) is 1. The van der Waals surface area contributed by atoms with Gasteiger partial charge in [-0.15, -0.1) is 0 Å². The number of rotatable bonds is 5. The third-order valence-electron chi connectivity index (χ3n) is 2.80. The zero-order chi connectivity index (χ0) is 12.4. The van der Waals surface area contributed by atoms with Crippen molar-refractivity contribution in [3.8, 4) is 0 Å². The Morgan fingerprint density at radius 1 is 1.44 bits per heavy atom. The number of benzene rings is 1. The molecule has 1 fully saturated rings. The van der Waals surface area contributed by atoms with E-state index in [9.17, 15) is 0 Å². The topological polar surface area (TPSA) is 38.1 Å². The lowest BCUT2D eigenvalue weighted by atomic mass is 10.2. The minimum Gasteiger partial charge on any atom is -0.440 e. The lowest BCUT2D eigenvalue weighted by molar-refractivity contribution is 0.454. The van der Waals surface area contributed by atoms with Crippen LogP contribution >= 0.6 is 23.4 Å². The van der Waals surface area contributed by atoms with Gasteiger partial charge in [-0.1, -0.05) is 17.7 Å². The lowest BCUT2D eigenvalue weighted by Gasteiger charge is -2.07. The molecule has 0 amide bonds. The fraction of sp³-hybridized carbons (Fsp3) is 0.308. The van der Waals surface area contributed by atoms with Crippen molar-refractivity contribution < 1.29 is 4.42 Å². The van der Waals surface area contributed by atoms with Gasteiger partial charge in [-0.3, -0.25) is 0 Å². The molecule has 18 heavy (non-hydrogen) atoms. The zero-order valence-electron chi connectivity index (χ0n) is 9.73. The second kappa shape index (κ2) is 5.34. The van der Waals surface area contributed by atoms with Gasteiger partial charge in [0.15, 0.2) is 0 Å². The smallest absolute Gasteiger partial charge is 0.260 e. The molecule has 0 atom stereocenters.